The van der Waals surface area contributed by atoms with Gasteiger partial charge in [0.1, 0.15) is 5.75 Å². The molecule has 3 rings (SSSR count). The number of phenolic OH excluding ortho intramolecular Hbond substituents is 1. The number of sulfonamides is 1. The van der Waals surface area contributed by atoms with Gasteiger partial charge in [0.15, 0.2) is 0 Å². The number of phenols is 1. The maximum atomic E-state index is 12.8. The first-order valence-corrected chi connectivity index (χ1v) is 9.57. The fourth-order valence-electron chi connectivity index (χ4n) is 2.71. The van der Waals surface area contributed by atoms with Crippen molar-refractivity contribution in [3.05, 3.63) is 64.1 Å². The molecule has 124 valence electrons. The summed E-state index contributed by atoms with van der Waals surface area (Å²) in [6.07, 6.45) is 0. The van der Waals surface area contributed by atoms with E-state index in [9.17, 15) is 13.5 Å². The normalized spacial score (nSPS) is 11.6. The molecule has 0 aliphatic rings. The Labute approximate surface area is 149 Å². The van der Waals surface area contributed by atoms with Crippen molar-refractivity contribution in [2.45, 2.75) is 18.7 Å². The van der Waals surface area contributed by atoms with Gasteiger partial charge in [-0.05, 0) is 47.5 Å². The third kappa shape index (κ3) is 2.99. The molecule has 3 aromatic rings. The second kappa shape index (κ2) is 6.11. The molecular formula is C18H16BrNO3S. The zero-order valence-electron chi connectivity index (χ0n) is 13.2. The summed E-state index contributed by atoms with van der Waals surface area (Å²) in [6.45, 7) is 3.69. The topological polar surface area (TPSA) is 66.4 Å². The first-order chi connectivity index (χ1) is 11.3. The largest absolute Gasteiger partial charge is 0.506 e. The zero-order valence-corrected chi connectivity index (χ0v) is 15.6. The molecule has 0 fully saturated rings. The monoisotopic (exact) mass is 405 g/mol. The summed E-state index contributed by atoms with van der Waals surface area (Å²) >= 11 is 3.27. The van der Waals surface area contributed by atoms with Crippen molar-refractivity contribution in [2.24, 2.45) is 0 Å². The first kappa shape index (κ1) is 16.8. The molecule has 0 heterocycles. The lowest BCUT2D eigenvalue weighted by Crippen LogP contribution is -2.14. The summed E-state index contributed by atoms with van der Waals surface area (Å²) in [5, 5.41) is 11.4. The van der Waals surface area contributed by atoms with Gasteiger partial charge in [0.25, 0.3) is 10.0 Å². The van der Waals surface area contributed by atoms with Gasteiger partial charge in [-0.1, -0.05) is 42.0 Å². The lowest BCUT2D eigenvalue weighted by molar-refractivity contribution is 0.478. The Morgan fingerprint density at radius 3 is 2.33 bits per heavy atom. The van der Waals surface area contributed by atoms with E-state index in [0.29, 0.717) is 26.5 Å². The van der Waals surface area contributed by atoms with Crippen LogP contribution in [0.25, 0.3) is 10.8 Å². The predicted molar refractivity (Wildman–Crippen MR) is 100 cm³/mol. The first-order valence-electron chi connectivity index (χ1n) is 7.30. The molecule has 0 spiro atoms. The summed E-state index contributed by atoms with van der Waals surface area (Å²) < 4.78 is 28.6. The fourth-order valence-corrected chi connectivity index (χ4v) is 4.45. The molecule has 4 nitrogen and oxygen atoms in total. The fraction of sp³-hybridized carbons (Fsp3) is 0.111. The lowest BCUT2D eigenvalue weighted by Gasteiger charge is -2.14. The van der Waals surface area contributed by atoms with Crippen molar-refractivity contribution < 1.29 is 13.5 Å². The molecule has 0 amide bonds. The minimum atomic E-state index is -3.73. The van der Waals surface area contributed by atoms with Crippen molar-refractivity contribution in [1.29, 1.82) is 0 Å². The average Bonchev–Trinajstić information content (AvgIpc) is 2.51. The van der Waals surface area contributed by atoms with E-state index in [1.165, 1.54) is 0 Å². The van der Waals surface area contributed by atoms with Crippen molar-refractivity contribution >= 4 is 42.4 Å². The molecule has 0 saturated heterocycles. The summed E-state index contributed by atoms with van der Waals surface area (Å²) in [5.74, 6) is 0.0834. The van der Waals surface area contributed by atoms with E-state index in [4.69, 9.17) is 0 Å². The van der Waals surface area contributed by atoms with Crippen LogP contribution in [0.2, 0.25) is 0 Å². The van der Waals surface area contributed by atoms with Crippen LogP contribution in [0, 0.1) is 13.8 Å². The highest BCUT2D eigenvalue weighted by Crippen LogP contribution is 2.38. The molecular weight excluding hydrogens is 390 g/mol. The van der Waals surface area contributed by atoms with E-state index in [1.807, 2.05) is 13.0 Å². The summed E-state index contributed by atoms with van der Waals surface area (Å²) in [7, 11) is -3.73. The van der Waals surface area contributed by atoms with Crippen LogP contribution < -0.4 is 4.72 Å². The maximum absolute atomic E-state index is 12.8. The molecule has 0 atom stereocenters. The Morgan fingerprint density at radius 2 is 1.67 bits per heavy atom. The number of rotatable bonds is 3. The van der Waals surface area contributed by atoms with Crippen molar-refractivity contribution in [3.63, 3.8) is 0 Å². The third-order valence-corrected chi connectivity index (χ3v) is 5.96. The Kier molecular flexibility index (Phi) is 4.27. The van der Waals surface area contributed by atoms with E-state index >= 15 is 0 Å². The molecule has 0 unspecified atom stereocenters. The molecule has 2 N–H and O–H groups in total. The second-order valence-corrected chi connectivity index (χ2v) is 8.18. The number of hydrogen-bond donors (Lipinski definition) is 2. The molecule has 0 aliphatic heterocycles. The van der Waals surface area contributed by atoms with Gasteiger partial charge in [-0.2, -0.15) is 0 Å². The van der Waals surface area contributed by atoms with Gasteiger partial charge in [0.05, 0.1) is 15.1 Å². The summed E-state index contributed by atoms with van der Waals surface area (Å²) in [5.41, 5.74) is 2.10. The van der Waals surface area contributed by atoms with Gasteiger partial charge in [0, 0.05) is 10.8 Å². The van der Waals surface area contributed by atoms with Gasteiger partial charge in [0.2, 0.25) is 0 Å². The zero-order chi connectivity index (χ0) is 17.5. The Balaban J connectivity index is 2.14. The minimum Gasteiger partial charge on any atom is -0.506 e. The van der Waals surface area contributed by atoms with Crippen molar-refractivity contribution in [1.82, 2.24) is 0 Å². The Bertz CT molecular complexity index is 1050. The molecule has 6 heteroatoms. The predicted octanol–water partition coefficient (Wildman–Crippen LogP) is 4.73. The summed E-state index contributed by atoms with van der Waals surface area (Å²) in [4.78, 5) is 0.237. The molecule has 24 heavy (non-hydrogen) atoms. The SMILES string of the molecule is Cc1ccc(S(=O)(=O)Nc2cc(Br)c(O)c3ccccc23)c(C)c1. The van der Waals surface area contributed by atoms with E-state index in [-0.39, 0.29) is 10.6 Å². The Hall–Kier alpha value is -2.05. The number of hydrogen-bond acceptors (Lipinski definition) is 3. The molecule has 0 aromatic heterocycles. The Morgan fingerprint density at radius 1 is 1.00 bits per heavy atom. The van der Waals surface area contributed by atoms with E-state index in [1.54, 1.807) is 49.4 Å². The van der Waals surface area contributed by atoms with Crippen LogP contribution in [0.3, 0.4) is 0 Å². The van der Waals surface area contributed by atoms with E-state index < -0.39 is 10.0 Å². The van der Waals surface area contributed by atoms with Crippen LogP contribution in [0.5, 0.6) is 5.75 Å². The smallest absolute Gasteiger partial charge is 0.262 e. The highest BCUT2D eigenvalue weighted by Gasteiger charge is 2.19. The molecule has 0 saturated carbocycles. The van der Waals surface area contributed by atoms with Crippen LogP contribution in [-0.4, -0.2) is 13.5 Å². The van der Waals surface area contributed by atoms with Gasteiger partial charge >= 0.3 is 0 Å². The third-order valence-electron chi connectivity index (χ3n) is 3.83. The highest BCUT2D eigenvalue weighted by molar-refractivity contribution is 9.10. The second-order valence-electron chi connectivity index (χ2n) is 5.67. The summed E-state index contributed by atoms with van der Waals surface area (Å²) in [6, 6.07) is 13.9. The number of fused-ring (bicyclic) bond motifs is 1. The number of halogens is 1. The average molecular weight is 406 g/mol. The quantitative estimate of drug-likeness (QED) is 0.619. The van der Waals surface area contributed by atoms with Crippen LogP contribution in [0.1, 0.15) is 11.1 Å². The standard InChI is InChI=1S/C18H16BrNO3S/c1-11-7-8-17(12(2)9-11)24(22,23)20-16-10-15(19)18(21)14-6-4-3-5-13(14)16/h3-10,20-21H,1-2H3. The molecule has 0 radical (unpaired) electrons. The van der Waals surface area contributed by atoms with Crippen LogP contribution >= 0.6 is 15.9 Å². The van der Waals surface area contributed by atoms with Gasteiger partial charge in [-0.25, -0.2) is 8.42 Å². The highest BCUT2D eigenvalue weighted by atomic mass is 79.9. The van der Waals surface area contributed by atoms with Crippen LogP contribution in [0.15, 0.2) is 57.9 Å². The maximum Gasteiger partial charge on any atom is 0.262 e. The van der Waals surface area contributed by atoms with Crippen LogP contribution in [0.4, 0.5) is 5.69 Å². The number of aryl methyl sites for hydroxylation is 2. The number of benzene rings is 3. The lowest BCUT2D eigenvalue weighted by atomic mass is 10.1. The number of aromatic hydroxyl groups is 1. The molecule has 0 aliphatic carbocycles. The van der Waals surface area contributed by atoms with E-state index in [2.05, 4.69) is 20.7 Å². The van der Waals surface area contributed by atoms with Gasteiger partial charge < -0.3 is 5.11 Å². The van der Waals surface area contributed by atoms with Gasteiger partial charge in [-0.3, -0.25) is 4.72 Å². The number of anilines is 1. The minimum absolute atomic E-state index is 0.0834. The van der Waals surface area contributed by atoms with Gasteiger partial charge in [-0.15, -0.1) is 0 Å². The number of nitrogens with one attached hydrogen (secondary N) is 1. The van der Waals surface area contributed by atoms with Crippen molar-refractivity contribution in [3.8, 4) is 5.75 Å². The molecule has 3 aromatic carbocycles. The van der Waals surface area contributed by atoms with Crippen molar-refractivity contribution in [2.75, 3.05) is 4.72 Å². The van der Waals surface area contributed by atoms with Crippen LogP contribution in [-0.2, 0) is 10.0 Å². The molecule has 0 bridgehead atoms. The van der Waals surface area contributed by atoms with E-state index in [0.717, 1.165) is 5.56 Å².